The van der Waals surface area contributed by atoms with Crippen LogP contribution >= 0.6 is 12.4 Å². The molecule has 0 radical (unpaired) electrons. The summed E-state index contributed by atoms with van der Waals surface area (Å²) in [5.41, 5.74) is 1.70. The number of benzene rings is 1. The van der Waals surface area contributed by atoms with Crippen LogP contribution in [0.1, 0.15) is 5.56 Å². The van der Waals surface area contributed by atoms with E-state index in [1.807, 2.05) is 30.3 Å². The fourth-order valence-corrected chi connectivity index (χ4v) is 1.35. The number of carbonyl (C=O) groups is 1. The van der Waals surface area contributed by atoms with Gasteiger partial charge in [0, 0.05) is 17.7 Å². The molecule has 0 bridgehead atoms. The lowest BCUT2D eigenvalue weighted by Gasteiger charge is -1.97. The van der Waals surface area contributed by atoms with Gasteiger partial charge in [-0.3, -0.25) is 4.98 Å². The first-order valence-electron chi connectivity index (χ1n) is 4.51. The smallest absolute Gasteiger partial charge is 0.328 e. The van der Waals surface area contributed by atoms with E-state index in [2.05, 4.69) is 4.98 Å². The highest BCUT2D eigenvalue weighted by Crippen LogP contribution is 2.13. The van der Waals surface area contributed by atoms with Crippen molar-refractivity contribution in [2.24, 2.45) is 0 Å². The van der Waals surface area contributed by atoms with Crippen LogP contribution in [0.15, 0.2) is 42.6 Å². The molecule has 2 aromatic rings. The van der Waals surface area contributed by atoms with Crippen LogP contribution in [-0.4, -0.2) is 16.1 Å². The van der Waals surface area contributed by atoms with Gasteiger partial charge in [0.25, 0.3) is 0 Å². The lowest BCUT2D eigenvalue weighted by Crippen LogP contribution is -1.86. The van der Waals surface area contributed by atoms with Crippen LogP contribution in [0.5, 0.6) is 0 Å². The molecule has 1 aromatic heterocycles. The maximum atomic E-state index is 10.3. The molecule has 0 aliphatic heterocycles. The molecule has 16 heavy (non-hydrogen) atoms. The van der Waals surface area contributed by atoms with Crippen molar-refractivity contribution in [3.05, 3.63) is 48.2 Å². The number of nitrogens with zero attached hydrogens (tertiary/aromatic N) is 1. The Morgan fingerprint density at radius 1 is 1.31 bits per heavy atom. The summed E-state index contributed by atoms with van der Waals surface area (Å²) >= 11 is 0. The standard InChI is InChI=1S/C12H9NO2.ClH/c14-12(15)6-5-9-7-10-3-1-2-4-11(10)13-8-9;/h1-8H,(H,14,15);1H/b6-5+;. The van der Waals surface area contributed by atoms with E-state index < -0.39 is 5.97 Å². The molecule has 2 rings (SSSR count). The molecule has 82 valence electrons. The molecule has 0 spiro atoms. The molecule has 0 fully saturated rings. The average molecular weight is 236 g/mol. The Bertz CT molecular complexity index is 537. The molecule has 0 unspecified atom stereocenters. The third-order valence-electron chi connectivity index (χ3n) is 2.03. The quantitative estimate of drug-likeness (QED) is 0.815. The van der Waals surface area contributed by atoms with Gasteiger partial charge in [-0.05, 0) is 23.8 Å². The molecule has 0 aliphatic carbocycles. The zero-order chi connectivity index (χ0) is 10.7. The highest BCUT2D eigenvalue weighted by atomic mass is 35.5. The van der Waals surface area contributed by atoms with Gasteiger partial charge in [-0.15, -0.1) is 12.4 Å². The summed E-state index contributed by atoms with van der Waals surface area (Å²) in [6, 6.07) is 9.61. The molecule has 0 atom stereocenters. The fraction of sp³-hybridized carbons (Fsp3) is 0. The number of carboxylic acid groups (broad SMARTS) is 1. The van der Waals surface area contributed by atoms with Crippen molar-refractivity contribution in [1.82, 2.24) is 4.98 Å². The molecule has 1 N–H and O–H groups in total. The first kappa shape index (κ1) is 12.2. The Labute approximate surface area is 98.8 Å². The summed E-state index contributed by atoms with van der Waals surface area (Å²) in [5, 5.41) is 9.49. The maximum absolute atomic E-state index is 10.3. The van der Waals surface area contributed by atoms with Crippen LogP contribution in [-0.2, 0) is 4.79 Å². The summed E-state index contributed by atoms with van der Waals surface area (Å²) in [5.74, 6) is -0.955. The van der Waals surface area contributed by atoms with Crippen LogP contribution in [0.25, 0.3) is 17.0 Å². The van der Waals surface area contributed by atoms with E-state index in [-0.39, 0.29) is 12.4 Å². The van der Waals surface area contributed by atoms with E-state index in [0.717, 1.165) is 22.5 Å². The SMILES string of the molecule is Cl.O=C(O)/C=C/c1cnc2ccccc2c1. The van der Waals surface area contributed by atoms with E-state index in [1.54, 1.807) is 6.20 Å². The van der Waals surface area contributed by atoms with Gasteiger partial charge in [-0.25, -0.2) is 4.79 Å². The number of aromatic nitrogens is 1. The first-order valence-corrected chi connectivity index (χ1v) is 4.51. The van der Waals surface area contributed by atoms with Crippen molar-refractivity contribution in [2.45, 2.75) is 0 Å². The van der Waals surface area contributed by atoms with E-state index in [0.29, 0.717) is 0 Å². The van der Waals surface area contributed by atoms with Crippen molar-refractivity contribution in [2.75, 3.05) is 0 Å². The maximum Gasteiger partial charge on any atom is 0.328 e. The minimum Gasteiger partial charge on any atom is -0.478 e. The Hall–Kier alpha value is -1.87. The molecule has 0 amide bonds. The van der Waals surface area contributed by atoms with Gasteiger partial charge < -0.3 is 5.11 Å². The number of fused-ring (bicyclic) bond motifs is 1. The van der Waals surface area contributed by atoms with Crippen molar-refractivity contribution in [1.29, 1.82) is 0 Å². The number of pyridine rings is 1. The lowest BCUT2D eigenvalue weighted by molar-refractivity contribution is -0.131. The summed E-state index contributed by atoms with van der Waals surface area (Å²) in [7, 11) is 0. The molecule has 3 nitrogen and oxygen atoms in total. The summed E-state index contributed by atoms with van der Waals surface area (Å²) < 4.78 is 0. The normalized spacial score (nSPS) is 10.2. The van der Waals surface area contributed by atoms with Gasteiger partial charge in [0.05, 0.1) is 5.52 Å². The number of aliphatic carboxylic acids is 1. The molecule has 4 heteroatoms. The molecule has 0 saturated heterocycles. The topological polar surface area (TPSA) is 50.2 Å². The number of para-hydroxylation sites is 1. The third-order valence-corrected chi connectivity index (χ3v) is 2.03. The van der Waals surface area contributed by atoms with Crippen molar-refractivity contribution in [3.63, 3.8) is 0 Å². The highest BCUT2D eigenvalue weighted by Gasteiger charge is 1.94. The molecular weight excluding hydrogens is 226 g/mol. The Balaban J connectivity index is 0.00000128. The molecule has 0 saturated carbocycles. The lowest BCUT2D eigenvalue weighted by atomic mass is 10.1. The molecule has 1 heterocycles. The number of carboxylic acids is 1. The largest absolute Gasteiger partial charge is 0.478 e. The average Bonchev–Trinajstić information content (AvgIpc) is 2.26. The summed E-state index contributed by atoms with van der Waals surface area (Å²) in [4.78, 5) is 14.5. The van der Waals surface area contributed by atoms with Crippen molar-refractivity contribution in [3.8, 4) is 0 Å². The van der Waals surface area contributed by atoms with Crippen LogP contribution in [0.3, 0.4) is 0 Å². The molecule has 0 aliphatic rings. The Kier molecular flexibility index (Phi) is 4.03. The van der Waals surface area contributed by atoms with Gasteiger partial charge in [0.15, 0.2) is 0 Å². The van der Waals surface area contributed by atoms with Crippen LogP contribution in [0, 0.1) is 0 Å². The van der Waals surface area contributed by atoms with E-state index in [9.17, 15) is 4.79 Å². The monoisotopic (exact) mass is 235 g/mol. The second-order valence-corrected chi connectivity index (χ2v) is 3.13. The predicted molar refractivity (Wildman–Crippen MR) is 65.7 cm³/mol. The van der Waals surface area contributed by atoms with Crippen molar-refractivity contribution < 1.29 is 9.90 Å². The zero-order valence-corrected chi connectivity index (χ0v) is 9.15. The van der Waals surface area contributed by atoms with Crippen LogP contribution in [0.2, 0.25) is 0 Å². The van der Waals surface area contributed by atoms with Crippen molar-refractivity contribution >= 4 is 35.4 Å². The van der Waals surface area contributed by atoms with E-state index >= 15 is 0 Å². The minimum atomic E-state index is -0.955. The number of hydrogen-bond donors (Lipinski definition) is 1. The zero-order valence-electron chi connectivity index (χ0n) is 8.33. The second kappa shape index (κ2) is 5.28. The molecular formula is C12H10ClNO2. The summed E-state index contributed by atoms with van der Waals surface area (Å²) in [6.45, 7) is 0. The number of rotatable bonds is 2. The van der Waals surface area contributed by atoms with Gasteiger partial charge in [-0.2, -0.15) is 0 Å². The summed E-state index contributed by atoms with van der Waals surface area (Å²) in [6.07, 6.45) is 4.29. The van der Waals surface area contributed by atoms with Gasteiger partial charge in [-0.1, -0.05) is 18.2 Å². The van der Waals surface area contributed by atoms with Crippen LogP contribution in [0.4, 0.5) is 0 Å². The number of hydrogen-bond acceptors (Lipinski definition) is 2. The highest BCUT2D eigenvalue weighted by molar-refractivity contribution is 5.87. The Morgan fingerprint density at radius 3 is 2.81 bits per heavy atom. The second-order valence-electron chi connectivity index (χ2n) is 3.13. The third kappa shape index (κ3) is 2.81. The first-order chi connectivity index (χ1) is 7.25. The van der Waals surface area contributed by atoms with Crippen LogP contribution < -0.4 is 0 Å². The molecule has 1 aromatic carbocycles. The minimum absolute atomic E-state index is 0. The Morgan fingerprint density at radius 2 is 2.06 bits per heavy atom. The predicted octanol–water partition coefficient (Wildman–Crippen LogP) is 2.75. The van der Waals surface area contributed by atoms with E-state index in [4.69, 9.17) is 5.11 Å². The fourth-order valence-electron chi connectivity index (χ4n) is 1.35. The number of halogens is 1. The van der Waals surface area contributed by atoms with Gasteiger partial charge in [0.1, 0.15) is 0 Å². The van der Waals surface area contributed by atoms with Gasteiger partial charge >= 0.3 is 5.97 Å². The van der Waals surface area contributed by atoms with E-state index in [1.165, 1.54) is 6.08 Å². The van der Waals surface area contributed by atoms with Gasteiger partial charge in [0.2, 0.25) is 0 Å².